The van der Waals surface area contributed by atoms with Crippen molar-refractivity contribution in [2.45, 2.75) is 0 Å². The Bertz CT molecular complexity index is 3160. The van der Waals surface area contributed by atoms with Crippen LogP contribution >= 0.6 is 11.3 Å². The maximum absolute atomic E-state index is 7.14. The van der Waals surface area contributed by atoms with Gasteiger partial charge in [-0.05, 0) is 75.3 Å². The summed E-state index contributed by atoms with van der Waals surface area (Å²) < 4.78 is 9.78. The number of nitrogens with zero attached hydrogens (tertiary/aromatic N) is 1. The number of benzene rings is 9. The van der Waals surface area contributed by atoms with Crippen LogP contribution < -0.4 is 4.90 Å². The average Bonchev–Trinajstić information content (AvgIpc) is 3.82. The van der Waals surface area contributed by atoms with Gasteiger partial charge in [-0.1, -0.05) is 146 Å². The third-order valence-corrected chi connectivity index (χ3v) is 11.9. The summed E-state index contributed by atoms with van der Waals surface area (Å²) >= 11 is 1.87. The van der Waals surface area contributed by atoms with Gasteiger partial charge in [-0.3, -0.25) is 0 Å². The van der Waals surface area contributed by atoms with Crippen molar-refractivity contribution in [1.29, 1.82) is 0 Å². The first-order valence-electron chi connectivity index (χ1n) is 18.0. The molecule has 2 heterocycles. The number of anilines is 3. The van der Waals surface area contributed by atoms with Gasteiger partial charge in [0.05, 0.1) is 5.69 Å². The first-order valence-corrected chi connectivity index (χ1v) is 18.8. The van der Waals surface area contributed by atoms with Crippen molar-refractivity contribution in [1.82, 2.24) is 0 Å². The van der Waals surface area contributed by atoms with Crippen molar-refractivity contribution < 1.29 is 4.42 Å². The Kier molecular flexibility index (Phi) is 6.76. The summed E-state index contributed by atoms with van der Waals surface area (Å²) in [6, 6.07) is 67.7. The SMILES string of the molecule is c1ccc(-c2c(N(c3ccccc3)c3ccc(-c4cccc5c4sc4ccccc45)cc3)ccc3c2oc2c4ccccc4c4ccccc4c32)cc1. The highest BCUT2D eigenvalue weighted by atomic mass is 32.1. The minimum atomic E-state index is 0.888. The van der Waals surface area contributed by atoms with Crippen LogP contribution in [0.2, 0.25) is 0 Å². The molecule has 0 aliphatic heterocycles. The molecule has 0 radical (unpaired) electrons. The fourth-order valence-corrected chi connectivity index (χ4v) is 9.54. The molecule has 9 aromatic carbocycles. The third-order valence-electron chi connectivity index (χ3n) is 10.7. The molecule has 0 unspecified atom stereocenters. The van der Waals surface area contributed by atoms with Crippen LogP contribution in [0.1, 0.15) is 0 Å². The molecule has 0 bridgehead atoms. The molecule has 0 spiro atoms. The van der Waals surface area contributed by atoms with E-state index >= 15 is 0 Å². The second kappa shape index (κ2) is 11.9. The molecule has 11 aromatic rings. The fourth-order valence-electron chi connectivity index (χ4n) is 8.30. The van der Waals surface area contributed by atoms with Gasteiger partial charge in [0, 0.05) is 53.3 Å². The Morgan fingerprint density at radius 1 is 0.377 bits per heavy atom. The average molecular weight is 694 g/mol. The summed E-state index contributed by atoms with van der Waals surface area (Å²) in [4.78, 5) is 2.37. The van der Waals surface area contributed by atoms with E-state index in [1.165, 1.54) is 47.5 Å². The Hall–Kier alpha value is -6.68. The number of hydrogen-bond acceptors (Lipinski definition) is 3. The van der Waals surface area contributed by atoms with Gasteiger partial charge < -0.3 is 9.32 Å². The van der Waals surface area contributed by atoms with Crippen molar-refractivity contribution >= 4 is 92.1 Å². The number of para-hydroxylation sites is 1. The maximum atomic E-state index is 7.14. The molecule has 0 aliphatic carbocycles. The number of rotatable bonds is 5. The van der Waals surface area contributed by atoms with Crippen LogP contribution in [0.5, 0.6) is 0 Å². The molecule has 0 fully saturated rings. The third kappa shape index (κ3) is 4.64. The van der Waals surface area contributed by atoms with Crippen LogP contribution in [-0.2, 0) is 0 Å². The molecule has 3 heteroatoms. The van der Waals surface area contributed by atoms with Crippen molar-refractivity contribution in [2.24, 2.45) is 0 Å². The summed E-state index contributed by atoms with van der Waals surface area (Å²) in [7, 11) is 0. The van der Waals surface area contributed by atoms with Crippen LogP contribution in [0.25, 0.3) is 85.9 Å². The quantitative estimate of drug-likeness (QED) is 0.167. The largest absolute Gasteiger partial charge is 0.455 e. The second-order valence-electron chi connectivity index (χ2n) is 13.6. The lowest BCUT2D eigenvalue weighted by Crippen LogP contribution is -2.11. The zero-order valence-corrected chi connectivity index (χ0v) is 29.5. The monoisotopic (exact) mass is 693 g/mol. The topological polar surface area (TPSA) is 16.4 Å². The van der Waals surface area contributed by atoms with Gasteiger partial charge in [0.25, 0.3) is 0 Å². The Labute approximate surface area is 310 Å². The molecular formula is C50H31NOS. The van der Waals surface area contributed by atoms with Gasteiger partial charge in [-0.2, -0.15) is 0 Å². The van der Waals surface area contributed by atoms with E-state index in [-0.39, 0.29) is 0 Å². The van der Waals surface area contributed by atoms with E-state index in [0.29, 0.717) is 0 Å². The number of fused-ring (bicyclic) bond motifs is 11. The van der Waals surface area contributed by atoms with Crippen molar-refractivity contribution in [2.75, 3.05) is 4.90 Å². The minimum absolute atomic E-state index is 0.888. The van der Waals surface area contributed by atoms with E-state index in [1.807, 2.05) is 11.3 Å². The van der Waals surface area contributed by atoms with Crippen LogP contribution in [0.15, 0.2) is 192 Å². The molecule has 0 aliphatic rings. The molecule has 0 saturated carbocycles. The molecule has 0 atom stereocenters. The predicted molar refractivity (Wildman–Crippen MR) is 227 cm³/mol. The van der Waals surface area contributed by atoms with Gasteiger partial charge in [0.15, 0.2) is 0 Å². The highest BCUT2D eigenvalue weighted by Crippen LogP contribution is 2.49. The normalized spacial score (nSPS) is 11.8. The fraction of sp³-hybridized carbons (Fsp3) is 0. The Morgan fingerprint density at radius 3 is 1.75 bits per heavy atom. The Morgan fingerprint density at radius 2 is 0.981 bits per heavy atom. The first kappa shape index (κ1) is 30.0. The predicted octanol–water partition coefficient (Wildman–Crippen LogP) is 15.1. The second-order valence-corrected chi connectivity index (χ2v) is 14.7. The Balaban J connectivity index is 1.16. The minimum Gasteiger partial charge on any atom is -0.455 e. The lowest BCUT2D eigenvalue weighted by molar-refractivity contribution is 0.674. The van der Waals surface area contributed by atoms with Gasteiger partial charge in [-0.25, -0.2) is 0 Å². The van der Waals surface area contributed by atoms with E-state index in [4.69, 9.17) is 4.42 Å². The van der Waals surface area contributed by atoms with E-state index in [9.17, 15) is 0 Å². The highest BCUT2D eigenvalue weighted by molar-refractivity contribution is 7.26. The van der Waals surface area contributed by atoms with E-state index in [1.54, 1.807) is 0 Å². The summed E-state index contributed by atoms with van der Waals surface area (Å²) in [5, 5.41) is 9.67. The lowest BCUT2D eigenvalue weighted by Gasteiger charge is -2.28. The van der Waals surface area contributed by atoms with Crippen molar-refractivity contribution in [3.05, 3.63) is 188 Å². The number of hydrogen-bond donors (Lipinski definition) is 0. The molecule has 2 nitrogen and oxygen atoms in total. The van der Waals surface area contributed by atoms with Crippen LogP contribution in [0.4, 0.5) is 17.1 Å². The molecule has 0 saturated heterocycles. The highest BCUT2D eigenvalue weighted by Gasteiger charge is 2.24. The summed E-state index contributed by atoms with van der Waals surface area (Å²) in [6.07, 6.45) is 0. The van der Waals surface area contributed by atoms with Gasteiger partial charge in [0.2, 0.25) is 0 Å². The van der Waals surface area contributed by atoms with E-state index in [0.717, 1.165) is 55.5 Å². The molecular weight excluding hydrogens is 663 g/mol. The first-order chi connectivity index (χ1) is 26.3. The van der Waals surface area contributed by atoms with Crippen LogP contribution in [0, 0.1) is 0 Å². The molecule has 2 aromatic heterocycles. The summed E-state index contributed by atoms with van der Waals surface area (Å²) in [6.45, 7) is 0. The molecule has 53 heavy (non-hydrogen) atoms. The van der Waals surface area contributed by atoms with Gasteiger partial charge in [0.1, 0.15) is 11.2 Å². The summed E-state index contributed by atoms with van der Waals surface area (Å²) in [5.41, 5.74) is 9.66. The van der Waals surface area contributed by atoms with Crippen molar-refractivity contribution in [3.8, 4) is 22.3 Å². The standard InChI is InChI=1S/C50H31NOS/c1-3-14-33(15-4-1)46-44(31-30-43-47-40-21-9-7-18-37(40)38-19-8-10-22-41(38)48(47)52-49(43)46)51(34-16-5-2-6-17-34)35-28-26-32(27-29-35)36-23-13-24-42-39-20-11-12-25-45(39)53-50(36)42/h1-31H. The van der Waals surface area contributed by atoms with E-state index in [2.05, 4.69) is 193 Å². The molecule has 11 rings (SSSR count). The molecule has 0 amide bonds. The van der Waals surface area contributed by atoms with Gasteiger partial charge >= 0.3 is 0 Å². The molecule has 0 N–H and O–H groups in total. The number of furan rings is 1. The van der Waals surface area contributed by atoms with Crippen LogP contribution in [0.3, 0.4) is 0 Å². The number of thiophene rings is 1. The maximum Gasteiger partial charge on any atom is 0.145 e. The zero-order chi connectivity index (χ0) is 34.9. The van der Waals surface area contributed by atoms with E-state index < -0.39 is 0 Å². The lowest BCUT2D eigenvalue weighted by atomic mass is 9.95. The smallest absolute Gasteiger partial charge is 0.145 e. The van der Waals surface area contributed by atoms with Crippen molar-refractivity contribution in [3.63, 3.8) is 0 Å². The van der Waals surface area contributed by atoms with Gasteiger partial charge in [-0.15, -0.1) is 11.3 Å². The molecule has 248 valence electrons. The van der Waals surface area contributed by atoms with Crippen LogP contribution in [-0.4, -0.2) is 0 Å². The summed E-state index contributed by atoms with van der Waals surface area (Å²) in [5.74, 6) is 0. The zero-order valence-electron chi connectivity index (χ0n) is 28.7.